The van der Waals surface area contributed by atoms with Gasteiger partial charge in [-0.1, -0.05) is 266 Å². The minimum absolute atomic E-state index is 0.0633. The Bertz CT molecular complexity index is 931. The van der Waals surface area contributed by atoms with Gasteiger partial charge < -0.3 is 14.2 Å². The Kier molecular flexibility index (Phi) is 46.6. The summed E-state index contributed by atoms with van der Waals surface area (Å²) in [6, 6.07) is 0. The van der Waals surface area contributed by atoms with Gasteiger partial charge in [-0.15, -0.1) is 0 Å². The van der Waals surface area contributed by atoms with Crippen LogP contribution < -0.4 is 0 Å². The first-order valence-electron chi connectivity index (χ1n) is 27.2. The highest BCUT2D eigenvalue weighted by Gasteiger charge is 2.19. The average molecular weight is 863 g/mol. The smallest absolute Gasteiger partial charge is 0.306 e. The Balaban J connectivity index is 4.20. The number of carbonyl (C=O) groups excluding carboxylic acids is 3. The Hall–Kier alpha value is -1.59. The minimum atomic E-state index is -0.761. The van der Waals surface area contributed by atoms with E-state index in [9.17, 15) is 14.4 Å². The largest absolute Gasteiger partial charge is 0.462 e. The molecule has 61 heavy (non-hydrogen) atoms. The SMILES string of the molecule is CCCCCCCCCCCC(=O)O[C@H](COC(=O)CCCCCCCCCCCCCCCCCCC(C)C)COC(=O)CCCCCCCCCCCCCCC(C)C. The fourth-order valence-electron chi connectivity index (χ4n) is 8.34. The van der Waals surface area contributed by atoms with E-state index in [4.69, 9.17) is 14.2 Å². The van der Waals surface area contributed by atoms with Gasteiger partial charge >= 0.3 is 17.9 Å². The number of carbonyl (C=O) groups is 3. The van der Waals surface area contributed by atoms with E-state index >= 15 is 0 Å². The highest BCUT2D eigenvalue weighted by molar-refractivity contribution is 5.71. The number of hydrogen-bond donors (Lipinski definition) is 0. The minimum Gasteiger partial charge on any atom is -0.462 e. The molecule has 0 radical (unpaired) electrons. The van der Waals surface area contributed by atoms with Crippen LogP contribution in [0.15, 0.2) is 0 Å². The second-order valence-electron chi connectivity index (χ2n) is 19.8. The molecule has 6 nitrogen and oxygen atoms in total. The average Bonchev–Trinajstić information content (AvgIpc) is 3.23. The van der Waals surface area contributed by atoms with Crippen LogP contribution in [0.3, 0.4) is 0 Å². The summed E-state index contributed by atoms with van der Waals surface area (Å²) < 4.78 is 16.8. The van der Waals surface area contributed by atoms with Crippen molar-refractivity contribution in [2.75, 3.05) is 13.2 Å². The molecule has 0 unspecified atom stereocenters. The molecule has 0 aliphatic carbocycles. The summed E-state index contributed by atoms with van der Waals surface area (Å²) in [6.07, 6.45) is 49.5. The Morgan fingerprint density at radius 1 is 0.311 bits per heavy atom. The first-order valence-corrected chi connectivity index (χ1v) is 27.2. The molecule has 0 fully saturated rings. The van der Waals surface area contributed by atoms with E-state index < -0.39 is 6.10 Å². The van der Waals surface area contributed by atoms with Gasteiger partial charge in [0.05, 0.1) is 0 Å². The van der Waals surface area contributed by atoms with Crippen molar-refractivity contribution in [3.63, 3.8) is 0 Å². The van der Waals surface area contributed by atoms with Gasteiger partial charge in [-0.25, -0.2) is 0 Å². The summed E-state index contributed by atoms with van der Waals surface area (Å²) in [5.74, 6) is 0.840. The Morgan fingerprint density at radius 2 is 0.541 bits per heavy atom. The van der Waals surface area contributed by atoms with E-state index in [2.05, 4.69) is 34.6 Å². The number of esters is 3. The first kappa shape index (κ1) is 59.4. The summed E-state index contributed by atoms with van der Waals surface area (Å²) in [4.78, 5) is 37.9. The summed E-state index contributed by atoms with van der Waals surface area (Å²) in [5.41, 5.74) is 0. The molecule has 0 saturated carbocycles. The topological polar surface area (TPSA) is 78.9 Å². The third-order valence-corrected chi connectivity index (χ3v) is 12.5. The lowest BCUT2D eigenvalue weighted by Gasteiger charge is -2.18. The molecule has 0 aromatic heterocycles. The maximum Gasteiger partial charge on any atom is 0.306 e. The standard InChI is InChI=1S/C55H106O6/c1-6-7-8-9-10-23-32-37-42-47-55(58)61-52(49-60-54(57)46-41-36-31-27-22-18-17-20-25-29-34-39-44-51(4)5)48-59-53(56)45-40-35-30-26-21-16-14-12-11-13-15-19-24-28-33-38-43-50(2)3/h50-52H,6-49H2,1-5H3/t52-/m1/s1. The fraction of sp³-hybridized carbons (Fsp3) is 0.945. The van der Waals surface area contributed by atoms with Crippen LogP contribution in [0.5, 0.6) is 0 Å². The fourth-order valence-corrected chi connectivity index (χ4v) is 8.34. The van der Waals surface area contributed by atoms with Crippen LogP contribution in [0.25, 0.3) is 0 Å². The molecule has 0 aromatic rings. The molecular formula is C55H106O6. The molecule has 1 atom stereocenters. The number of unbranched alkanes of at least 4 members (excludes halogenated alkanes) is 34. The maximum atomic E-state index is 12.7. The van der Waals surface area contributed by atoms with Crippen LogP contribution in [-0.4, -0.2) is 37.2 Å². The van der Waals surface area contributed by atoms with Crippen LogP contribution in [0.2, 0.25) is 0 Å². The van der Waals surface area contributed by atoms with Gasteiger partial charge in [0.15, 0.2) is 6.10 Å². The van der Waals surface area contributed by atoms with Gasteiger partial charge in [0, 0.05) is 19.3 Å². The third kappa shape index (κ3) is 49.3. The number of ether oxygens (including phenoxy) is 3. The predicted molar refractivity (Wildman–Crippen MR) is 261 cm³/mol. The molecule has 0 rings (SSSR count). The van der Waals surface area contributed by atoms with Crippen LogP contribution in [0.1, 0.15) is 304 Å². The molecule has 0 bridgehead atoms. The lowest BCUT2D eigenvalue weighted by molar-refractivity contribution is -0.167. The summed E-state index contributed by atoms with van der Waals surface area (Å²) >= 11 is 0. The lowest BCUT2D eigenvalue weighted by atomic mass is 10.0. The molecule has 0 amide bonds. The maximum absolute atomic E-state index is 12.7. The molecule has 362 valence electrons. The summed E-state index contributed by atoms with van der Waals surface area (Å²) in [5, 5.41) is 0. The number of rotatable bonds is 49. The van der Waals surface area contributed by atoms with Gasteiger partial charge in [-0.2, -0.15) is 0 Å². The zero-order chi connectivity index (χ0) is 44.7. The van der Waals surface area contributed by atoms with Gasteiger partial charge in [0.25, 0.3) is 0 Å². The van der Waals surface area contributed by atoms with Gasteiger partial charge in [0.1, 0.15) is 13.2 Å². The van der Waals surface area contributed by atoms with Crippen molar-refractivity contribution in [3.05, 3.63) is 0 Å². The zero-order valence-electron chi connectivity index (χ0n) is 41.8. The highest BCUT2D eigenvalue weighted by atomic mass is 16.6. The molecule has 0 N–H and O–H groups in total. The van der Waals surface area contributed by atoms with Gasteiger partial charge in [-0.3, -0.25) is 14.4 Å². The van der Waals surface area contributed by atoms with E-state index in [1.165, 1.54) is 193 Å². The van der Waals surface area contributed by atoms with Crippen LogP contribution in [0, 0.1) is 11.8 Å². The third-order valence-electron chi connectivity index (χ3n) is 12.5. The van der Waals surface area contributed by atoms with Crippen molar-refractivity contribution < 1.29 is 28.6 Å². The molecule has 0 aromatic carbocycles. The van der Waals surface area contributed by atoms with Crippen molar-refractivity contribution in [1.29, 1.82) is 0 Å². The molecule has 0 saturated heterocycles. The monoisotopic (exact) mass is 863 g/mol. The molecule has 6 heteroatoms. The van der Waals surface area contributed by atoms with Crippen molar-refractivity contribution in [2.24, 2.45) is 11.8 Å². The molecule has 0 heterocycles. The van der Waals surface area contributed by atoms with E-state index in [0.717, 1.165) is 69.6 Å². The summed E-state index contributed by atoms with van der Waals surface area (Å²) in [7, 11) is 0. The summed E-state index contributed by atoms with van der Waals surface area (Å²) in [6.45, 7) is 11.4. The quantitative estimate of drug-likeness (QED) is 0.0344. The van der Waals surface area contributed by atoms with Gasteiger partial charge in [0.2, 0.25) is 0 Å². The first-order chi connectivity index (χ1) is 29.7. The van der Waals surface area contributed by atoms with Crippen LogP contribution in [-0.2, 0) is 28.6 Å². The van der Waals surface area contributed by atoms with E-state index in [1.54, 1.807) is 0 Å². The van der Waals surface area contributed by atoms with E-state index in [0.29, 0.717) is 19.3 Å². The van der Waals surface area contributed by atoms with Crippen molar-refractivity contribution in [2.45, 2.75) is 310 Å². The van der Waals surface area contributed by atoms with Gasteiger partial charge in [-0.05, 0) is 31.1 Å². The highest BCUT2D eigenvalue weighted by Crippen LogP contribution is 2.18. The van der Waals surface area contributed by atoms with E-state index in [1.807, 2.05) is 0 Å². The molecular weight excluding hydrogens is 757 g/mol. The molecule has 0 spiro atoms. The Morgan fingerprint density at radius 3 is 0.803 bits per heavy atom. The van der Waals surface area contributed by atoms with Crippen LogP contribution >= 0.6 is 0 Å². The Labute approximate surface area is 380 Å². The van der Waals surface area contributed by atoms with Crippen molar-refractivity contribution in [3.8, 4) is 0 Å². The molecule has 0 aliphatic heterocycles. The second kappa shape index (κ2) is 47.9. The molecule has 0 aliphatic rings. The van der Waals surface area contributed by atoms with Crippen molar-refractivity contribution >= 4 is 17.9 Å². The number of hydrogen-bond acceptors (Lipinski definition) is 6. The second-order valence-corrected chi connectivity index (χ2v) is 19.8. The lowest BCUT2D eigenvalue weighted by Crippen LogP contribution is -2.30. The van der Waals surface area contributed by atoms with Crippen LogP contribution in [0.4, 0.5) is 0 Å². The predicted octanol–water partition coefficient (Wildman–Crippen LogP) is 17.7. The normalized spacial score (nSPS) is 12.0. The van der Waals surface area contributed by atoms with E-state index in [-0.39, 0.29) is 31.1 Å². The van der Waals surface area contributed by atoms with Crippen molar-refractivity contribution in [1.82, 2.24) is 0 Å². The zero-order valence-corrected chi connectivity index (χ0v) is 41.8.